The van der Waals surface area contributed by atoms with Crippen LogP contribution in [-0.4, -0.2) is 17.0 Å². The van der Waals surface area contributed by atoms with Crippen LogP contribution in [-0.2, 0) is 11.2 Å². The van der Waals surface area contributed by atoms with E-state index in [0.717, 1.165) is 22.5 Å². The fourth-order valence-corrected chi connectivity index (χ4v) is 3.03. The molecule has 0 aliphatic heterocycles. The number of thiophene rings is 2. The van der Waals surface area contributed by atoms with Gasteiger partial charge in [0.1, 0.15) is 4.88 Å². The van der Waals surface area contributed by atoms with Gasteiger partial charge in [-0.05, 0) is 40.3 Å². The first-order valence-electron chi connectivity index (χ1n) is 5.20. The normalized spacial score (nSPS) is 10.3. The summed E-state index contributed by atoms with van der Waals surface area (Å²) in [5, 5.41) is 17.2. The van der Waals surface area contributed by atoms with Gasteiger partial charge in [-0.25, -0.2) is 4.79 Å². The van der Waals surface area contributed by atoms with Crippen molar-refractivity contribution in [3.8, 4) is 0 Å². The third kappa shape index (κ3) is 2.77. The molecule has 2 aromatic rings. The van der Waals surface area contributed by atoms with Crippen LogP contribution < -0.4 is 5.32 Å². The van der Waals surface area contributed by atoms with Crippen molar-refractivity contribution in [1.29, 1.82) is 0 Å². The summed E-state index contributed by atoms with van der Waals surface area (Å²) in [6.07, 6.45) is 0.262. The van der Waals surface area contributed by atoms with Crippen LogP contribution in [0.15, 0.2) is 22.2 Å². The number of hydrogen-bond donors (Lipinski definition) is 2. The maximum atomic E-state index is 11.8. The molecule has 2 aromatic heterocycles. The summed E-state index contributed by atoms with van der Waals surface area (Å²) >= 11 is 2.65. The van der Waals surface area contributed by atoms with E-state index in [9.17, 15) is 9.59 Å². The van der Waals surface area contributed by atoms with E-state index in [-0.39, 0.29) is 17.2 Å². The van der Waals surface area contributed by atoms with Crippen molar-refractivity contribution in [3.63, 3.8) is 0 Å². The second-order valence-electron chi connectivity index (χ2n) is 3.78. The van der Waals surface area contributed by atoms with Crippen molar-refractivity contribution in [1.82, 2.24) is 0 Å². The highest BCUT2D eigenvalue weighted by Crippen LogP contribution is 2.27. The first-order chi connectivity index (χ1) is 8.58. The number of rotatable bonds is 4. The Morgan fingerprint density at radius 3 is 2.78 bits per heavy atom. The average molecular weight is 281 g/mol. The minimum Gasteiger partial charge on any atom is -0.477 e. The van der Waals surface area contributed by atoms with Crippen molar-refractivity contribution < 1.29 is 14.7 Å². The Bertz CT molecular complexity index is 572. The number of anilines is 1. The molecule has 2 rings (SSSR count). The van der Waals surface area contributed by atoms with Crippen LogP contribution in [0.1, 0.15) is 20.8 Å². The molecule has 0 unspecified atom stereocenters. The lowest BCUT2D eigenvalue weighted by Crippen LogP contribution is -2.16. The molecule has 0 bridgehead atoms. The van der Waals surface area contributed by atoms with Crippen molar-refractivity contribution in [2.45, 2.75) is 13.3 Å². The number of hydrogen-bond acceptors (Lipinski definition) is 4. The zero-order valence-electron chi connectivity index (χ0n) is 9.60. The van der Waals surface area contributed by atoms with Crippen LogP contribution in [0.4, 0.5) is 5.69 Å². The average Bonchev–Trinajstić information content (AvgIpc) is 2.90. The molecule has 0 atom stereocenters. The summed E-state index contributed by atoms with van der Waals surface area (Å²) in [5.41, 5.74) is 2.12. The first kappa shape index (κ1) is 12.8. The lowest BCUT2D eigenvalue weighted by atomic mass is 10.2. The van der Waals surface area contributed by atoms with Gasteiger partial charge in [-0.1, -0.05) is 0 Å². The molecule has 0 saturated heterocycles. The number of aryl methyl sites for hydroxylation is 1. The lowest BCUT2D eigenvalue weighted by molar-refractivity contribution is -0.115. The monoisotopic (exact) mass is 281 g/mol. The molecule has 0 saturated carbocycles. The lowest BCUT2D eigenvalue weighted by Gasteiger charge is -2.05. The van der Waals surface area contributed by atoms with Gasteiger partial charge in [-0.2, -0.15) is 11.3 Å². The van der Waals surface area contributed by atoms with Crippen molar-refractivity contribution in [3.05, 3.63) is 38.2 Å². The highest BCUT2D eigenvalue weighted by atomic mass is 32.1. The summed E-state index contributed by atoms with van der Waals surface area (Å²) in [7, 11) is 0. The summed E-state index contributed by atoms with van der Waals surface area (Å²) in [4.78, 5) is 23.0. The molecule has 0 aromatic carbocycles. The molecule has 4 nitrogen and oxygen atoms in total. The van der Waals surface area contributed by atoms with Gasteiger partial charge in [0.15, 0.2) is 0 Å². The first-order valence-corrected chi connectivity index (χ1v) is 7.02. The standard InChI is InChI=1S/C12H11NO3S2/c1-7-5-18-11(12(15)16)10(7)13-9(14)4-8-2-3-17-6-8/h2-3,5-6H,4H2,1H3,(H,13,14)(H,15,16). The Morgan fingerprint density at radius 1 is 1.39 bits per heavy atom. The number of carboxylic acids is 1. The van der Waals surface area contributed by atoms with Gasteiger partial charge in [-0.3, -0.25) is 4.79 Å². The molecule has 1 amide bonds. The molecule has 0 radical (unpaired) electrons. The number of carbonyl (C=O) groups excluding carboxylic acids is 1. The predicted octanol–water partition coefficient (Wildman–Crippen LogP) is 3.00. The maximum absolute atomic E-state index is 11.8. The number of carboxylic acid groups (broad SMARTS) is 1. The maximum Gasteiger partial charge on any atom is 0.348 e. The zero-order chi connectivity index (χ0) is 13.1. The van der Waals surface area contributed by atoms with Gasteiger partial charge in [0.05, 0.1) is 12.1 Å². The van der Waals surface area contributed by atoms with Gasteiger partial charge in [0.25, 0.3) is 0 Å². The minimum absolute atomic E-state index is 0.172. The minimum atomic E-state index is -1.01. The van der Waals surface area contributed by atoms with E-state index in [2.05, 4.69) is 5.32 Å². The van der Waals surface area contributed by atoms with Crippen LogP contribution >= 0.6 is 22.7 Å². The van der Waals surface area contributed by atoms with E-state index in [1.165, 1.54) is 11.3 Å². The molecular weight excluding hydrogens is 270 g/mol. The summed E-state index contributed by atoms with van der Waals surface area (Å²) in [6, 6.07) is 1.88. The number of nitrogens with one attached hydrogen (secondary N) is 1. The molecule has 18 heavy (non-hydrogen) atoms. The highest BCUT2D eigenvalue weighted by molar-refractivity contribution is 7.12. The van der Waals surface area contributed by atoms with E-state index in [0.29, 0.717) is 5.69 Å². The molecule has 2 N–H and O–H groups in total. The van der Waals surface area contributed by atoms with Crippen molar-refractivity contribution >= 4 is 40.2 Å². The second kappa shape index (κ2) is 5.32. The number of amides is 1. The molecule has 0 fully saturated rings. The number of carbonyl (C=O) groups is 2. The van der Waals surface area contributed by atoms with Gasteiger partial charge in [-0.15, -0.1) is 11.3 Å². The van der Waals surface area contributed by atoms with E-state index < -0.39 is 5.97 Å². The van der Waals surface area contributed by atoms with Crippen molar-refractivity contribution in [2.75, 3.05) is 5.32 Å². The SMILES string of the molecule is Cc1csc(C(=O)O)c1NC(=O)Cc1ccsc1. The van der Waals surface area contributed by atoms with Crippen molar-refractivity contribution in [2.24, 2.45) is 0 Å². The molecule has 0 aliphatic rings. The predicted molar refractivity (Wildman–Crippen MR) is 72.7 cm³/mol. The van der Waals surface area contributed by atoms with Gasteiger partial charge in [0.2, 0.25) is 5.91 Å². The van der Waals surface area contributed by atoms with E-state index >= 15 is 0 Å². The number of aromatic carboxylic acids is 1. The Labute approximate surface area is 112 Å². The van der Waals surface area contributed by atoms with Gasteiger partial charge < -0.3 is 10.4 Å². The quantitative estimate of drug-likeness (QED) is 0.905. The Kier molecular flexibility index (Phi) is 3.78. The Balaban J connectivity index is 2.11. The molecule has 6 heteroatoms. The Morgan fingerprint density at radius 2 is 2.17 bits per heavy atom. The second-order valence-corrected chi connectivity index (χ2v) is 5.44. The van der Waals surface area contributed by atoms with E-state index in [1.807, 2.05) is 16.8 Å². The van der Waals surface area contributed by atoms with E-state index in [4.69, 9.17) is 5.11 Å². The summed E-state index contributed by atoms with van der Waals surface area (Å²) < 4.78 is 0. The van der Waals surface area contributed by atoms with Crippen LogP contribution in [0.2, 0.25) is 0 Å². The molecule has 2 heterocycles. The Hall–Kier alpha value is -1.66. The highest BCUT2D eigenvalue weighted by Gasteiger charge is 2.17. The summed E-state index contributed by atoms with van der Waals surface area (Å²) in [6.45, 7) is 1.78. The third-order valence-corrected chi connectivity index (χ3v) is 4.20. The topological polar surface area (TPSA) is 66.4 Å². The molecular formula is C12H11NO3S2. The van der Waals surface area contributed by atoms with E-state index in [1.54, 1.807) is 12.3 Å². The molecule has 0 aliphatic carbocycles. The van der Waals surface area contributed by atoms with Gasteiger partial charge >= 0.3 is 5.97 Å². The fraction of sp³-hybridized carbons (Fsp3) is 0.167. The smallest absolute Gasteiger partial charge is 0.348 e. The van der Waals surface area contributed by atoms with Crippen LogP contribution in [0.3, 0.4) is 0 Å². The summed E-state index contributed by atoms with van der Waals surface area (Å²) in [5.74, 6) is -1.21. The van der Waals surface area contributed by atoms with Gasteiger partial charge in [0, 0.05) is 0 Å². The molecule has 0 spiro atoms. The largest absolute Gasteiger partial charge is 0.477 e. The zero-order valence-corrected chi connectivity index (χ0v) is 11.2. The fourth-order valence-electron chi connectivity index (χ4n) is 1.52. The van der Waals surface area contributed by atoms with Crippen LogP contribution in [0.25, 0.3) is 0 Å². The third-order valence-electron chi connectivity index (χ3n) is 2.38. The van der Waals surface area contributed by atoms with Crippen LogP contribution in [0.5, 0.6) is 0 Å². The molecule has 94 valence electrons. The van der Waals surface area contributed by atoms with Crippen LogP contribution in [0, 0.1) is 6.92 Å².